The number of aliphatic carboxylic acids is 1. The molecule has 1 fully saturated rings. The second-order valence-electron chi connectivity index (χ2n) is 4.98. The van der Waals surface area contributed by atoms with Crippen molar-refractivity contribution in [1.82, 2.24) is 0 Å². The topological polar surface area (TPSA) is 75.8 Å². The van der Waals surface area contributed by atoms with Gasteiger partial charge >= 0.3 is 5.97 Å². The first-order valence-corrected chi connectivity index (χ1v) is 6.97. The molecule has 1 saturated heterocycles. The van der Waals surface area contributed by atoms with Gasteiger partial charge in [-0.05, 0) is 30.5 Å². The van der Waals surface area contributed by atoms with Crippen LogP contribution >= 0.6 is 11.6 Å². The number of ether oxygens (including phenoxy) is 1. The Kier molecular flexibility index (Phi) is 4.86. The van der Waals surface area contributed by atoms with Gasteiger partial charge in [-0.15, -0.1) is 0 Å². The standard InChI is InChI=1S/C14H19ClN2O3/c1-9-6-10(7-12(16)14(18)19)11(15)8-13(9)17-2-4-20-5-3-17/h6,8,12H,2-5,7,16H2,1H3,(H,18,19). The van der Waals surface area contributed by atoms with Crippen LogP contribution in [0.2, 0.25) is 5.02 Å². The van der Waals surface area contributed by atoms with Gasteiger partial charge < -0.3 is 20.5 Å². The molecule has 0 bridgehead atoms. The Morgan fingerprint density at radius 2 is 2.15 bits per heavy atom. The molecule has 1 aromatic carbocycles. The van der Waals surface area contributed by atoms with E-state index in [2.05, 4.69) is 4.90 Å². The van der Waals surface area contributed by atoms with Gasteiger partial charge in [0.05, 0.1) is 13.2 Å². The third-order valence-corrected chi connectivity index (χ3v) is 3.83. The van der Waals surface area contributed by atoms with Gasteiger partial charge in [-0.1, -0.05) is 17.7 Å². The fourth-order valence-corrected chi connectivity index (χ4v) is 2.59. The SMILES string of the molecule is Cc1cc(CC(N)C(=O)O)c(Cl)cc1N1CCOCC1. The van der Waals surface area contributed by atoms with E-state index in [1.807, 2.05) is 19.1 Å². The van der Waals surface area contributed by atoms with E-state index in [0.717, 1.165) is 29.9 Å². The van der Waals surface area contributed by atoms with Crippen molar-refractivity contribution < 1.29 is 14.6 Å². The van der Waals surface area contributed by atoms with Crippen molar-refractivity contribution in [2.24, 2.45) is 5.73 Å². The third-order valence-electron chi connectivity index (χ3n) is 3.47. The van der Waals surface area contributed by atoms with E-state index in [1.165, 1.54) is 0 Å². The van der Waals surface area contributed by atoms with Crippen LogP contribution in [-0.4, -0.2) is 43.4 Å². The Labute approximate surface area is 123 Å². The fraction of sp³-hybridized carbons (Fsp3) is 0.500. The van der Waals surface area contributed by atoms with Gasteiger partial charge in [0.25, 0.3) is 0 Å². The quantitative estimate of drug-likeness (QED) is 0.880. The van der Waals surface area contributed by atoms with Crippen molar-refractivity contribution in [2.45, 2.75) is 19.4 Å². The predicted molar refractivity (Wildman–Crippen MR) is 78.5 cm³/mol. The molecule has 3 N–H and O–H groups in total. The van der Waals surface area contributed by atoms with E-state index in [-0.39, 0.29) is 6.42 Å². The van der Waals surface area contributed by atoms with Crippen LogP contribution in [0.5, 0.6) is 0 Å². The number of carboxylic acids is 1. The number of benzene rings is 1. The molecule has 2 rings (SSSR count). The number of aryl methyl sites for hydroxylation is 1. The van der Waals surface area contributed by atoms with Crippen LogP contribution in [-0.2, 0) is 16.0 Å². The van der Waals surface area contributed by atoms with Gasteiger partial charge in [-0.2, -0.15) is 0 Å². The lowest BCUT2D eigenvalue weighted by Gasteiger charge is -2.30. The summed E-state index contributed by atoms with van der Waals surface area (Å²) in [6, 6.07) is 2.89. The van der Waals surface area contributed by atoms with Crippen LogP contribution in [0.3, 0.4) is 0 Å². The monoisotopic (exact) mass is 298 g/mol. The zero-order valence-electron chi connectivity index (χ0n) is 11.4. The second-order valence-corrected chi connectivity index (χ2v) is 5.39. The average Bonchev–Trinajstić information content (AvgIpc) is 2.43. The molecule has 1 unspecified atom stereocenters. The first-order chi connectivity index (χ1) is 9.49. The fourth-order valence-electron chi connectivity index (χ4n) is 2.36. The minimum absolute atomic E-state index is 0.235. The Morgan fingerprint density at radius 3 is 2.75 bits per heavy atom. The summed E-state index contributed by atoms with van der Waals surface area (Å²) in [4.78, 5) is 13.1. The van der Waals surface area contributed by atoms with Crippen molar-refractivity contribution in [3.05, 3.63) is 28.3 Å². The highest BCUT2D eigenvalue weighted by Gasteiger charge is 2.18. The van der Waals surface area contributed by atoms with Gasteiger partial charge in [-0.3, -0.25) is 4.79 Å². The Balaban J connectivity index is 2.21. The molecular formula is C14H19ClN2O3. The highest BCUT2D eigenvalue weighted by Crippen LogP contribution is 2.29. The molecule has 0 saturated carbocycles. The Hall–Kier alpha value is -1.30. The Bertz CT molecular complexity index is 501. The summed E-state index contributed by atoms with van der Waals surface area (Å²) in [6.07, 6.45) is 0.235. The number of rotatable bonds is 4. The minimum atomic E-state index is -1.02. The Morgan fingerprint density at radius 1 is 1.50 bits per heavy atom. The van der Waals surface area contributed by atoms with Crippen molar-refractivity contribution in [3.63, 3.8) is 0 Å². The number of anilines is 1. The number of morpholine rings is 1. The molecular weight excluding hydrogens is 280 g/mol. The summed E-state index contributed by atoms with van der Waals surface area (Å²) in [5.74, 6) is -1.02. The molecule has 0 aliphatic carbocycles. The summed E-state index contributed by atoms with van der Waals surface area (Å²) in [5, 5.41) is 9.44. The average molecular weight is 299 g/mol. The molecule has 0 amide bonds. The highest BCUT2D eigenvalue weighted by atomic mass is 35.5. The summed E-state index contributed by atoms with van der Waals surface area (Å²) in [6.45, 7) is 5.10. The van der Waals surface area contributed by atoms with Crippen molar-refractivity contribution >= 4 is 23.3 Å². The van der Waals surface area contributed by atoms with Crippen LogP contribution < -0.4 is 10.6 Å². The lowest BCUT2D eigenvalue weighted by molar-refractivity contribution is -0.138. The molecule has 1 atom stereocenters. The second kappa shape index (κ2) is 6.43. The minimum Gasteiger partial charge on any atom is -0.480 e. The molecule has 1 aliphatic rings. The molecule has 0 spiro atoms. The van der Waals surface area contributed by atoms with Gasteiger partial charge in [0.2, 0.25) is 0 Å². The van der Waals surface area contributed by atoms with E-state index < -0.39 is 12.0 Å². The van der Waals surface area contributed by atoms with Crippen molar-refractivity contribution in [2.75, 3.05) is 31.2 Å². The predicted octanol–water partition coefficient (Wildman–Crippen LogP) is 1.44. The zero-order chi connectivity index (χ0) is 14.7. The maximum atomic E-state index is 10.8. The van der Waals surface area contributed by atoms with Gasteiger partial charge in [0.1, 0.15) is 6.04 Å². The smallest absolute Gasteiger partial charge is 0.320 e. The van der Waals surface area contributed by atoms with E-state index in [1.54, 1.807) is 0 Å². The number of halogens is 1. The van der Waals surface area contributed by atoms with Gasteiger partial charge in [0, 0.05) is 23.8 Å². The van der Waals surface area contributed by atoms with Gasteiger partial charge in [0.15, 0.2) is 0 Å². The van der Waals surface area contributed by atoms with Crippen molar-refractivity contribution in [3.8, 4) is 0 Å². The summed E-state index contributed by atoms with van der Waals surface area (Å²) >= 11 is 6.26. The van der Waals surface area contributed by atoms with Crippen LogP contribution in [0.4, 0.5) is 5.69 Å². The first kappa shape index (κ1) is 15.1. The molecule has 1 aromatic rings. The number of carboxylic acid groups (broad SMARTS) is 1. The van der Waals surface area contributed by atoms with Crippen LogP contribution in [0.15, 0.2) is 12.1 Å². The van der Waals surface area contributed by atoms with Gasteiger partial charge in [-0.25, -0.2) is 0 Å². The number of hydrogen-bond acceptors (Lipinski definition) is 4. The van der Waals surface area contributed by atoms with Crippen LogP contribution in [0, 0.1) is 6.92 Å². The number of carbonyl (C=O) groups is 1. The zero-order valence-corrected chi connectivity index (χ0v) is 12.2. The highest BCUT2D eigenvalue weighted by molar-refractivity contribution is 6.31. The lowest BCUT2D eigenvalue weighted by Crippen LogP contribution is -2.36. The van der Waals surface area contributed by atoms with Crippen LogP contribution in [0.1, 0.15) is 11.1 Å². The molecule has 6 heteroatoms. The molecule has 0 radical (unpaired) electrons. The molecule has 1 heterocycles. The van der Waals surface area contributed by atoms with Crippen molar-refractivity contribution in [1.29, 1.82) is 0 Å². The molecule has 110 valence electrons. The first-order valence-electron chi connectivity index (χ1n) is 6.59. The number of hydrogen-bond donors (Lipinski definition) is 2. The number of nitrogens with two attached hydrogens (primary N) is 1. The maximum absolute atomic E-state index is 10.8. The normalized spacial score (nSPS) is 17.1. The maximum Gasteiger partial charge on any atom is 0.320 e. The molecule has 0 aromatic heterocycles. The lowest BCUT2D eigenvalue weighted by atomic mass is 10.0. The largest absolute Gasteiger partial charge is 0.480 e. The summed E-state index contributed by atoms with van der Waals surface area (Å²) in [5.41, 5.74) is 8.49. The third kappa shape index (κ3) is 3.42. The molecule has 1 aliphatic heterocycles. The number of nitrogens with zero attached hydrogens (tertiary/aromatic N) is 1. The van der Waals surface area contributed by atoms with E-state index in [0.29, 0.717) is 18.2 Å². The van der Waals surface area contributed by atoms with E-state index in [9.17, 15) is 4.79 Å². The molecule has 20 heavy (non-hydrogen) atoms. The van der Waals surface area contributed by atoms with E-state index in [4.69, 9.17) is 27.2 Å². The van der Waals surface area contributed by atoms with Crippen LogP contribution in [0.25, 0.3) is 0 Å². The summed E-state index contributed by atoms with van der Waals surface area (Å²) in [7, 11) is 0. The molecule has 5 nitrogen and oxygen atoms in total. The summed E-state index contributed by atoms with van der Waals surface area (Å²) < 4.78 is 5.34. The van der Waals surface area contributed by atoms with E-state index >= 15 is 0 Å².